The number of benzene rings is 1. The Morgan fingerprint density at radius 1 is 0.625 bits per heavy atom. The van der Waals surface area contributed by atoms with Gasteiger partial charge in [-0.3, -0.25) is 0 Å². The van der Waals surface area contributed by atoms with E-state index in [9.17, 15) is 0 Å². The average Bonchev–Trinajstić information content (AvgIpc) is 3.42. The lowest BCUT2D eigenvalue weighted by Crippen LogP contribution is -2.06. The third-order valence-electron chi connectivity index (χ3n) is 4.04. The molecule has 1 aromatic carbocycles. The molecule has 0 N–H and O–H groups in total. The Morgan fingerprint density at radius 3 is 1.17 bits per heavy atom. The van der Waals surface area contributed by atoms with E-state index in [1.165, 1.54) is 0 Å². The third-order valence-corrected chi connectivity index (χ3v) is 4.04. The third kappa shape index (κ3) is 5.81. The topological polar surface area (TPSA) is 65.3 Å². The van der Waals surface area contributed by atoms with Gasteiger partial charge in [-0.15, -0.1) is 0 Å². The van der Waals surface area contributed by atoms with E-state index < -0.39 is 0 Å². The molecule has 6 heteroatoms. The molecule has 6 nitrogen and oxygen atoms in total. The smallest absolute Gasteiger partial charge is 0.104 e. The van der Waals surface area contributed by atoms with Crippen molar-refractivity contribution in [3.63, 3.8) is 0 Å². The molecule has 0 amide bonds. The highest BCUT2D eigenvalue weighted by molar-refractivity contribution is 5.29. The lowest BCUT2D eigenvalue weighted by Gasteiger charge is -2.11. The van der Waals surface area contributed by atoms with Crippen LogP contribution in [0.3, 0.4) is 0 Å². The van der Waals surface area contributed by atoms with Gasteiger partial charge in [0.15, 0.2) is 0 Å². The van der Waals surface area contributed by atoms with Crippen molar-refractivity contribution in [3.8, 4) is 0 Å². The molecular formula is C18H24O6. The Balaban J connectivity index is 1.31. The van der Waals surface area contributed by atoms with Crippen LogP contribution in [0.5, 0.6) is 0 Å². The highest BCUT2D eigenvalue weighted by Gasteiger charge is 2.23. The summed E-state index contributed by atoms with van der Waals surface area (Å²) in [4.78, 5) is 0. The van der Waals surface area contributed by atoms with E-state index in [1.807, 2.05) is 0 Å². The zero-order valence-corrected chi connectivity index (χ0v) is 13.8. The first-order chi connectivity index (χ1) is 11.8. The summed E-state index contributed by atoms with van der Waals surface area (Å²) in [5.74, 6) is 0. The van der Waals surface area contributed by atoms with Crippen molar-refractivity contribution in [1.82, 2.24) is 0 Å². The standard InChI is InChI=1S/C18H24O6/c1-13(4-19-7-16-10-22-16)2-15(6-21-9-18-12-24-18)3-14(1)5-20-8-17-11-23-17/h1-3,16-18H,4-12H2. The van der Waals surface area contributed by atoms with E-state index in [2.05, 4.69) is 18.2 Å². The number of hydrogen-bond acceptors (Lipinski definition) is 6. The van der Waals surface area contributed by atoms with Crippen molar-refractivity contribution in [1.29, 1.82) is 0 Å². The zero-order chi connectivity index (χ0) is 16.2. The highest BCUT2D eigenvalue weighted by atomic mass is 16.6. The summed E-state index contributed by atoms with van der Waals surface area (Å²) in [5.41, 5.74) is 3.42. The minimum Gasteiger partial charge on any atom is -0.374 e. The van der Waals surface area contributed by atoms with Crippen LogP contribution in [0, 0.1) is 0 Å². The van der Waals surface area contributed by atoms with Crippen molar-refractivity contribution < 1.29 is 28.4 Å². The van der Waals surface area contributed by atoms with Crippen LogP contribution in [0.1, 0.15) is 16.7 Å². The van der Waals surface area contributed by atoms with E-state index in [-0.39, 0.29) is 18.3 Å². The molecule has 24 heavy (non-hydrogen) atoms. The van der Waals surface area contributed by atoms with E-state index in [0.717, 1.165) is 36.5 Å². The number of ether oxygens (including phenoxy) is 6. The van der Waals surface area contributed by atoms with Gasteiger partial charge >= 0.3 is 0 Å². The van der Waals surface area contributed by atoms with E-state index >= 15 is 0 Å². The Hall–Kier alpha value is -1.02. The van der Waals surface area contributed by atoms with Gasteiger partial charge in [-0.25, -0.2) is 0 Å². The maximum atomic E-state index is 5.71. The van der Waals surface area contributed by atoms with Crippen molar-refractivity contribution >= 4 is 0 Å². The molecule has 0 aliphatic carbocycles. The SMILES string of the molecule is c1c(COCC2CO2)cc(COCC2CO2)cc1COCC1CO1. The van der Waals surface area contributed by atoms with Crippen LogP contribution in [-0.4, -0.2) is 58.0 Å². The molecule has 132 valence electrons. The van der Waals surface area contributed by atoms with Crippen LogP contribution < -0.4 is 0 Å². The Morgan fingerprint density at radius 2 is 0.917 bits per heavy atom. The van der Waals surface area contributed by atoms with E-state index in [4.69, 9.17) is 28.4 Å². The molecule has 3 atom stereocenters. The van der Waals surface area contributed by atoms with Gasteiger partial charge in [0.2, 0.25) is 0 Å². The molecule has 0 saturated carbocycles. The van der Waals surface area contributed by atoms with Crippen molar-refractivity contribution in [3.05, 3.63) is 34.9 Å². The molecule has 3 unspecified atom stereocenters. The fourth-order valence-corrected chi connectivity index (χ4v) is 2.51. The lowest BCUT2D eigenvalue weighted by molar-refractivity contribution is 0.0970. The minimum atomic E-state index is 0.288. The Labute approximate surface area is 141 Å². The summed E-state index contributed by atoms with van der Waals surface area (Å²) in [6.07, 6.45) is 0.865. The van der Waals surface area contributed by atoms with Crippen LogP contribution in [0.4, 0.5) is 0 Å². The largest absolute Gasteiger partial charge is 0.374 e. The number of hydrogen-bond donors (Lipinski definition) is 0. The fourth-order valence-electron chi connectivity index (χ4n) is 2.51. The zero-order valence-electron chi connectivity index (χ0n) is 13.8. The van der Waals surface area contributed by atoms with Crippen LogP contribution in [0.15, 0.2) is 18.2 Å². The first-order valence-corrected chi connectivity index (χ1v) is 8.55. The van der Waals surface area contributed by atoms with Gasteiger partial charge < -0.3 is 28.4 Å². The predicted octanol–water partition coefficient (Wildman–Crippen LogP) is 1.43. The van der Waals surface area contributed by atoms with Gasteiger partial charge in [-0.1, -0.05) is 18.2 Å². The van der Waals surface area contributed by atoms with Crippen LogP contribution >= 0.6 is 0 Å². The predicted molar refractivity (Wildman–Crippen MR) is 84.6 cm³/mol. The summed E-state index contributed by atoms with van der Waals surface area (Å²) in [7, 11) is 0. The molecule has 0 radical (unpaired) electrons. The molecule has 3 fully saturated rings. The molecule has 4 rings (SSSR count). The minimum absolute atomic E-state index is 0.288. The van der Waals surface area contributed by atoms with E-state index in [0.29, 0.717) is 39.6 Å². The summed E-state index contributed by atoms with van der Waals surface area (Å²) in [6.45, 7) is 6.17. The summed E-state index contributed by atoms with van der Waals surface area (Å²) < 4.78 is 32.6. The summed E-state index contributed by atoms with van der Waals surface area (Å²) in [6, 6.07) is 6.40. The molecule has 3 aliphatic rings. The second-order valence-electron chi connectivity index (χ2n) is 6.57. The van der Waals surface area contributed by atoms with Crippen LogP contribution in [0.2, 0.25) is 0 Å². The molecule has 0 bridgehead atoms. The van der Waals surface area contributed by atoms with Gasteiger partial charge in [0.25, 0.3) is 0 Å². The number of epoxide rings is 3. The van der Waals surface area contributed by atoms with Gasteiger partial charge in [-0.2, -0.15) is 0 Å². The molecule has 3 saturated heterocycles. The van der Waals surface area contributed by atoms with Gasteiger partial charge in [0.05, 0.1) is 59.5 Å². The van der Waals surface area contributed by atoms with Crippen molar-refractivity contribution in [2.45, 2.75) is 38.1 Å². The van der Waals surface area contributed by atoms with Gasteiger partial charge in [0, 0.05) is 0 Å². The molecule has 3 aliphatic heterocycles. The first-order valence-electron chi connectivity index (χ1n) is 8.55. The number of rotatable bonds is 12. The maximum absolute atomic E-state index is 5.71. The van der Waals surface area contributed by atoms with Crippen molar-refractivity contribution in [2.75, 3.05) is 39.6 Å². The highest BCUT2D eigenvalue weighted by Crippen LogP contribution is 2.17. The quantitative estimate of drug-likeness (QED) is 0.538. The molecule has 1 aromatic rings. The van der Waals surface area contributed by atoms with E-state index in [1.54, 1.807) is 0 Å². The Bertz CT molecular complexity index is 448. The molecular weight excluding hydrogens is 312 g/mol. The summed E-state index contributed by atoms with van der Waals surface area (Å²) in [5, 5.41) is 0. The second-order valence-corrected chi connectivity index (χ2v) is 6.57. The lowest BCUT2D eigenvalue weighted by atomic mass is 10.1. The Kier molecular flexibility index (Phi) is 5.42. The maximum Gasteiger partial charge on any atom is 0.104 e. The van der Waals surface area contributed by atoms with Crippen molar-refractivity contribution in [2.24, 2.45) is 0 Å². The summed E-state index contributed by atoms with van der Waals surface area (Å²) >= 11 is 0. The monoisotopic (exact) mass is 336 g/mol. The average molecular weight is 336 g/mol. The van der Waals surface area contributed by atoms with Crippen LogP contribution in [-0.2, 0) is 48.2 Å². The molecule has 3 heterocycles. The second kappa shape index (κ2) is 7.91. The molecule has 0 spiro atoms. The first kappa shape index (κ1) is 16.4. The molecule has 0 aromatic heterocycles. The normalized spacial score (nSPS) is 27.2. The van der Waals surface area contributed by atoms with Gasteiger partial charge in [0.1, 0.15) is 18.3 Å². The fraction of sp³-hybridized carbons (Fsp3) is 0.667. The van der Waals surface area contributed by atoms with Gasteiger partial charge in [-0.05, 0) is 16.7 Å². The van der Waals surface area contributed by atoms with Crippen LogP contribution in [0.25, 0.3) is 0 Å².